The van der Waals surface area contributed by atoms with Crippen molar-refractivity contribution in [2.75, 3.05) is 11.5 Å². The lowest BCUT2D eigenvalue weighted by Crippen LogP contribution is -2.22. The van der Waals surface area contributed by atoms with Crippen molar-refractivity contribution in [3.63, 3.8) is 0 Å². The van der Waals surface area contributed by atoms with Gasteiger partial charge in [0.05, 0.1) is 18.3 Å². The summed E-state index contributed by atoms with van der Waals surface area (Å²) in [4.78, 5) is 10.6. The van der Waals surface area contributed by atoms with Gasteiger partial charge in [-0.1, -0.05) is 23.8 Å². The summed E-state index contributed by atoms with van der Waals surface area (Å²) >= 11 is 0. The lowest BCUT2D eigenvalue weighted by molar-refractivity contribution is -0.138. The zero-order valence-corrected chi connectivity index (χ0v) is 16.6. The predicted molar refractivity (Wildman–Crippen MR) is 106 cm³/mol. The molecule has 146 valence electrons. The highest BCUT2D eigenvalue weighted by atomic mass is 32.2. The standard InChI is InChI=1S/C21H25FO4S/c1-13-8-14(2)18(6-7-27(26)12-17(23)11-21(24)25)19(9-13)16-4-5-20(22)15(3)10-16/h4-5,8-10,17,23H,6-7,11-12H2,1-3H3,(H,24,25). The maximum atomic E-state index is 13.6. The second kappa shape index (κ2) is 9.24. The van der Waals surface area contributed by atoms with Crippen molar-refractivity contribution in [3.8, 4) is 11.1 Å². The molecule has 0 bridgehead atoms. The van der Waals surface area contributed by atoms with Crippen LogP contribution in [0.15, 0.2) is 30.3 Å². The Labute approximate surface area is 161 Å². The van der Waals surface area contributed by atoms with Crippen molar-refractivity contribution in [1.82, 2.24) is 0 Å². The van der Waals surface area contributed by atoms with Crippen LogP contribution in [0.5, 0.6) is 0 Å². The van der Waals surface area contributed by atoms with Crippen LogP contribution in [0, 0.1) is 26.6 Å². The monoisotopic (exact) mass is 392 g/mol. The Morgan fingerprint density at radius 3 is 2.48 bits per heavy atom. The Hall–Kier alpha value is -2.05. The number of aliphatic carboxylic acids is 1. The normalized spacial score (nSPS) is 13.4. The van der Waals surface area contributed by atoms with Crippen LogP contribution in [0.2, 0.25) is 0 Å². The fourth-order valence-corrected chi connectivity index (χ4v) is 4.32. The summed E-state index contributed by atoms with van der Waals surface area (Å²) < 4.78 is 25.9. The van der Waals surface area contributed by atoms with Crippen molar-refractivity contribution < 1.29 is 23.6 Å². The number of hydrogen-bond acceptors (Lipinski definition) is 3. The van der Waals surface area contributed by atoms with Crippen molar-refractivity contribution in [2.45, 2.75) is 39.7 Å². The van der Waals surface area contributed by atoms with Crippen LogP contribution < -0.4 is 0 Å². The first-order valence-corrected chi connectivity index (χ1v) is 10.3. The van der Waals surface area contributed by atoms with E-state index in [2.05, 4.69) is 6.07 Å². The molecule has 0 saturated heterocycles. The van der Waals surface area contributed by atoms with Gasteiger partial charge >= 0.3 is 5.97 Å². The second-order valence-corrected chi connectivity index (χ2v) is 8.51. The van der Waals surface area contributed by atoms with Crippen LogP contribution in [0.3, 0.4) is 0 Å². The Kier molecular flexibility index (Phi) is 7.27. The molecule has 2 rings (SSSR count). The predicted octanol–water partition coefficient (Wildman–Crippen LogP) is 3.54. The number of carbonyl (C=O) groups is 1. The minimum Gasteiger partial charge on any atom is -0.481 e. The van der Waals surface area contributed by atoms with Crippen LogP contribution in [0.25, 0.3) is 11.1 Å². The zero-order valence-electron chi connectivity index (χ0n) is 15.8. The number of benzene rings is 2. The van der Waals surface area contributed by atoms with Gasteiger partial charge in [-0.15, -0.1) is 0 Å². The van der Waals surface area contributed by atoms with E-state index in [1.54, 1.807) is 19.1 Å². The van der Waals surface area contributed by atoms with E-state index >= 15 is 0 Å². The van der Waals surface area contributed by atoms with Crippen LogP contribution >= 0.6 is 0 Å². The Bertz CT molecular complexity index is 864. The Morgan fingerprint density at radius 1 is 1.15 bits per heavy atom. The molecular weight excluding hydrogens is 367 g/mol. The molecule has 2 aromatic carbocycles. The highest BCUT2D eigenvalue weighted by Gasteiger charge is 2.16. The highest BCUT2D eigenvalue weighted by molar-refractivity contribution is 7.85. The summed E-state index contributed by atoms with van der Waals surface area (Å²) in [5.74, 6) is -1.09. The molecule has 2 unspecified atom stereocenters. The van der Waals surface area contributed by atoms with Crippen molar-refractivity contribution in [1.29, 1.82) is 0 Å². The third-order valence-corrected chi connectivity index (χ3v) is 5.87. The second-order valence-electron chi connectivity index (χ2n) is 6.88. The van der Waals surface area contributed by atoms with Gasteiger partial charge in [0.1, 0.15) is 5.82 Å². The number of aryl methyl sites for hydroxylation is 3. The highest BCUT2D eigenvalue weighted by Crippen LogP contribution is 2.29. The molecular formula is C21H25FO4S. The smallest absolute Gasteiger partial charge is 0.306 e. The molecule has 6 heteroatoms. The first kappa shape index (κ1) is 21.3. The largest absolute Gasteiger partial charge is 0.481 e. The van der Waals surface area contributed by atoms with Gasteiger partial charge in [-0.25, -0.2) is 4.39 Å². The molecule has 0 aliphatic rings. The number of halogens is 1. The fourth-order valence-electron chi connectivity index (χ4n) is 3.17. The minimum atomic E-state index is -1.33. The van der Waals surface area contributed by atoms with Crippen molar-refractivity contribution >= 4 is 16.8 Å². The molecule has 0 amide bonds. The number of rotatable bonds is 8. The number of aliphatic hydroxyl groups is 1. The van der Waals surface area contributed by atoms with E-state index in [0.717, 1.165) is 27.8 Å². The summed E-state index contributed by atoms with van der Waals surface area (Å²) in [7, 11) is -1.33. The molecule has 0 heterocycles. The number of aliphatic hydroxyl groups excluding tert-OH is 1. The van der Waals surface area contributed by atoms with E-state index in [0.29, 0.717) is 17.7 Å². The van der Waals surface area contributed by atoms with Gasteiger partial charge in [0.25, 0.3) is 0 Å². The quantitative estimate of drug-likeness (QED) is 0.721. The van der Waals surface area contributed by atoms with Crippen molar-refractivity contribution in [3.05, 3.63) is 58.4 Å². The number of hydrogen-bond donors (Lipinski definition) is 2. The van der Waals surface area contributed by atoms with Crippen LogP contribution in [0.1, 0.15) is 28.7 Å². The van der Waals surface area contributed by atoms with E-state index in [9.17, 15) is 18.5 Å². The maximum absolute atomic E-state index is 13.6. The zero-order chi connectivity index (χ0) is 20.1. The molecule has 0 fully saturated rings. The van der Waals surface area contributed by atoms with Gasteiger partial charge in [0, 0.05) is 16.6 Å². The summed E-state index contributed by atoms with van der Waals surface area (Å²) in [6.07, 6.45) is -0.985. The summed E-state index contributed by atoms with van der Waals surface area (Å²) in [5, 5.41) is 18.3. The van der Waals surface area contributed by atoms with Crippen molar-refractivity contribution in [2.24, 2.45) is 0 Å². The topological polar surface area (TPSA) is 74.6 Å². The molecule has 0 spiro atoms. The molecule has 0 radical (unpaired) electrons. The fraction of sp³-hybridized carbons (Fsp3) is 0.381. The van der Waals surface area contributed by atoms with Gasteiger partial charge in [-0.2, -0.15) is 0 Å². The van der Waals surface area contributed by atoms with Crippen LogP contribution in [-0.4, -0.2) is 38.0 Å². The van der Waals surface area contributed by atoms with Gasteiger partial charge in [-0.05, 0) is 67.1 Å². The molecule has 2 aromatic rings. The van der Waals surface area contributed by atoms with E-state index in [4.69, 9.17) is 5.11 Å². The Morgan fingerprint density at radius 2 is 1.85 bits per heavy atom. The molecule has 27 heavy (non-hydrogen) atoms. The first-order valence-electron chi connectivity index (χ1n) is 8.79. The van der Waals surface area contributed by atoms with Crippen LogP contribution in [0.4, 0.5) is 4.39 Å². The van der Waals surface area contributed by atoms with Gasteiger partial charge < -0.3 is 10.2 Å². The number of carboxylic acids is 1. The SMILES string of the molecule is Cc1cc(C)c(CCS(=O)CC(O)CC(=O)O)c(-c2ccc(F)c(C)c2)c1. The summed E-state index contributed by atoms with van der Waals surface area (Å²) in [5.41, 5.74) is 5.65. The van der Waals surface area contributed by atoms with E-state index in [1.807, 2.05) is 19.9 Å². The average molecular weight is 392 g/mol. The molecule has 0 aliphatic heterocycles. The van der Waals surface area contributed by atoms with E-state index in [1.165, 1.54) is 6.07 Å². The van der Waals surface area contributed by atoms with Crippen LogP contribution in [-0.2, 0) is 22.0 Å². The lowest BCUT2D eigenvalue weighted by Gasteiger charge is -2.16. The average Bonchev–Trinajstić information content (AvgIpc) is 2.55. The first-order chi connectivity index (χ1) is 12.7. The molecule has 2 atom stereocenters. The van der Waals surface area contributed by atoms with Gasteiger partial charge in [0.2, 0.25) is 0 Å². The molecule has 0 saturated carbocycles. The van der Waals surface area contributed by atoms with Gasteiger partial charge in [-0.3, -0.25) is 9.00 Å². The minimum absolute atomic E-state index is 0.0534. The Balaban J connectivity index is 2.22. The maximum Gasteiger partial charge on any atom is 0.306 e. The summed E-state index contributed by atoms with van der Waals surface area (Å²) in [6, 6.07) is 9.09. The molecule has 0 aliphatic carbocycles. The number of carboxylic acid groups (broad SMARTS) is 1. The third-order valence-electron chi connectivity index (χ3n) is 4.45. The third kappa shape index (κ3) is 5.97. The summed E-state index contributed by atoms with van der Waals surface area (Å²) in [6.45, 7) is 5.71. The molecule has 4 nitrogen and oxygen atoms in total. The molecule has 0 aromatic heterocycles. The van der Waals surface area contributed by atoms with Gasteiger partial charge in [0.15, 0.2) is 0 Å². The van der Waals surface area contributed by atoms with E-state index < -0.39 is 29.3 Å². The van der Waals surface area contributed by atoms with E-state index in [-0.39, 0.29) is 11.6 Å². The molecule has 2 N–H and O–H groups in total. The lowest BCUT2D eigenvalue weighted by atomic mass is 9.91.